The number of nitrogens with one attached hydrogen (secondary N) is 1. The van der Waals surface area contributed by atoms with E-state index in [0.717, 1.165) is 21.3 Å². The number of allylic oxidation sites excluding steroid dienone is 1. The maximum absolute atomic E-state index is 11.4. The van der Waals surface area contributed by atoms with Gasteiger partial charge in [-0.1, -0.05) is 22.0 Å². The minimum Gasteiger partial charge on any atom is -0.321 e. The zero-order chi connectivity index (χ0) is 9.42. The van der Waals surface area contributed by atoms with Crippen molar-refractivity contribution in [1.29, 1.82) is 0 Å². The zero-order valence-corrected chi connectivity index (χ0v) is 8.68. The van der Waals surface area contributed by atoms with Gasteiger partial charge < -0.3 is 5.32 Å². The molecule has 0 bridgehead atoms. The van der Waals surface area contributed by atoms with Gasteiger partial charge in [0.15, 0.2) is 0 Å². The largest absolute Gasteiger partial charge is 0.321 e. The predicted octanol–water partition coefficient (Wildman–Crippen LogP) is 2.80. The van der Waals surface area contributed by atoms with Gasteiger partial charge in [-0.2, -0.15) is 0 Å². The second kappa shape index (κ2) is 3.00. The number of halogens is 1. The lowest BCUT2D eigenvalue weighted by Gasteiger charge is -1.97. The first-order chi connectivity index (χ1) is 6.22. The van der Waals surface area contributed by atoms with Gasteiger partial charge in [0.1, 0.15) is 0 Å². The fourth-order valence-corrected chi connectivity index (χ4v) is 1.81. The Morgan fingerprint density at radius 2 is 2.23 bits per heavy atom. The second-order valence-electron chi connectivity index (χ2n) is 2.85. The van der Waals surface area contributed by atoms with Crippen molar-refractivity contribution in [3.05, 3.63) is 34.3 Å². The minimum atomic E-state index is -0.0180. The van der Waals surface area contributed by atoms with Crippen molar-refractivity contribution < 1.29 is 4.79 Å². The van der Waals surface area contributed by atoms with Crippen LogP contribution in [0.5, 0.6) is 0 Å². The highest BCUT2D eigenvalue weighted by molar-refractivity contribution is 9.10. The lowest BCUT2D eigenvalue weighted by Crippen LogP contribution is -2.03. The number of fused-ring (bicyclic) bond motifs is 1. The molecule has 1 amide bonds. The van der Waals surface area contributed by atoms with Crippen LogP contribution in [0.3, 0.4) is 0 Å². The summed E-state index contributed by atoms with van der Waals surface area (Å²) < 4.78 is 0.988. The molecule has 1 aromatic carbocycles. The van der Waals surface area contributed by atoms with Gasteiger partial charge in [0.25, 0.3) is 5.91 Å². The summed E-state index contributed by atoms with van der Waals surface area (Å²) in [5.41, 5.74) is 2.61. The van der Waals surface area contributed by atoms with E-state index in [0.29, 0.717) is 0 Å². The molecule has 1 N–H and O–H groups in total. The Bertz CT molecular complexity index is 409. The number of carbonyl (C=O) groups is 1. The topological polar surface area (TPSA) is 29.1 Å². The van der Waals surface area contributed by atoms with E-state index in [4.69, 9.17) is 0 Å². The quantitative estimate of drug-likeness (QED) is 0.692. The summed E-state index contributed by atoms with van der Waals surface area (Å²) in [5.74, 6) is -0.0180. The predicted molar refractivity (Wildman–Crippen MR) is 56.4 cm³/mol. The summed E-state index contributed by atoms with van der Waals surface area (Å²) in [7, 11) is 0. The summed E-state index contributed by atoms with van der Waals surface area (Å²) in [4.78, 5) is 11.4. The molecule has 2 nitrogen and oxygen atoms in total. The average molecular weight is 238 g/mol. The molecule has 2 rings (SSSR count). The van der Waals surface area contributed by atoms with Crippen LogP contribution in [0.4, 0.5) is 5.69 Å². The number of amides is 1. The molecule has 0 spiro atoms. The molecule has 0 unspecified atom stereocenters. The summed E-state index contributed by atoms with van der Waals surface area (Å²) in [5, 5.41) is 2.80. The summed E-state index contributed by atoms with van der Waals surface area (Å²) in [6, 6.07) is 5.76. The first-order valence-electron chi connectivity index (χ1n) is 4.00. The van der Waals surface area contributed by atoms with E-state index in [-0.39, 0.29) is 5.91 Å². The number of hydrogen-bond donors (Lipinski definition) is 1. The Morgan fingerprint density at radius 1 is 1.46 bits per heavy atom. The molecule has 1 aliphatic heterocycles. The molecular weight excluding hydrogens is 230 g/mol. The van der Waals surface area contributed by atoms with E-state index in [9.17, 15) is 4.79 Å². The van der Waals surface area contributed by atoms with Crippen molar-refractivity contribution in [3.63, 3.8) is 0 Å². The van der Waals surface area contributed by atoms with Gasteiger partial charge in [0.05, 0.1) is 0 Å². The number of benzene rings is 1. The highest BCUT2D eigenvalue weighted by Gasteiger charge is 2.22. The number of carbonyl (C=O) groups excluding carboxylic acids is 1. The fraction of sp³-hybridized carbons (Fsp3) is 0.100. The molecule has 3 heteroatoms. The van der Waals surface area contributed by atoms with Gasteiger partial charge in [0.2, 0.25) is 0 Å². The van der Waals surface area contributed by atoms with Crippen LogP contribution in [-0.4, -0.2) is 5.91 Å². The first-order valence-corrected chi connectivity index (χ1v) is 4.79. The van der Waals surface area contributed by atoms with Crippen LogP contribution in [0.25, 0.3) is 5.57 Å². The highest BCUT2D eigenvalue weighted by atomic mass is 79.9. The van der Waals surface area contributed by atoms with Crippen molar-refractivity contribution in [1.82, 2.24) is 0 Å². The van der Waals surface area contributed by atoms with E-state index in [1.807, 2.05) is 31.2 Å². The standard InChI is InChI=1S/C10H8BrNO/c1-2-7-8-5-6(11)3-4-9(8)12-10(7)13/h2-5H,1H3,(H,12,13). The van der Waals surface area contributed by atoms with Gasteiger partial charge in [0, 0.05) is 21.3 Å². The molecule has 13 heavy (non-hydrogen) atoms. The fourth-order valence-electron chi connectivity index (χ4n) is 1.45. The summed E-state index contributed by atoms with van der Waals surface area (Å²) in [6.07, 6.45) is 1.83. The SMILES string of the molecule is CC=C1C(=O)Nc2ccc(Br)cc21. The van der Waals surface area contributed by atoms with Crippen molar-refractivity contribution in [2.75, 3.05) is 5.32 Å². The third-order valence-electron chi connectivity index (χ3n) is 2.05. The molecule has 66 valence electrons. The van der Waals surface area contributed by atoms with E-state index >= 15 is 0 Å². The van der Waals surface area contributed by atoms with E-state index < -0.39 is 0 Å². The number of hydrogen-bond acceptors (Lipinski definition) is 1. The Hall–Kier alpha value is -1.09. The minimum absolute atomic E-state index is 0.0180. The van der Waals surface area contributed by atoms with Crippen molar-refractivity contribution in [2.45, 2.75) is 6.92 Å². The van der Waals surface area contributed by atoms with E-state index in [2.05, 4.69) is 21.2 Å². The molecule has 1 aromatic rings. The Morgan fingerprint density at radius 3 is 2.92 bits per heavy atom. The number of rotatable bonds is 0. The summed E-state index contributed by atoms with van der Waals surface area (Å²) in [6.45, 7) is 1.87. The van der Waals surface area contributed by atoms with Gasteiger partial charge >= 0.3 is 0 Å². The number of anilines is 1. The van der Waals surface area contributed by atoms with Crippen LogP contribution in [0.2, 0.25) is 0 Å². The van der Waals surface area contributed by atoms with E-state index in [1.165, 1.54) is 0 Å². The molecular formula is C10H8BrNO. The molecule has 0 atom stereocenters. The maximum atomic E-state index is 11.4. The first kappa shape index (κ1) is 8.51. The summed E-state index contributed by atoms with van der Waals surface area (Å²) >= 11 is 3.38. The van der Waals surface area contributed by atoms with Crippen LogP contribution >= 0.6 is 15.9 Å². The molecule has 0 radical (unpaired) electrons. The molecule has 0 saturated heterocycles. The van der Waals surface area contributed by atoms with Crippen LogP contribution in [0.15, 0.2) is 28.7 Å². The Balaban J connectivity index is 2.63. The van der Waals surface area contributed by atoms with Crippen LogP contribution in [0, 0.1) is 0 Å². The van der Waals surface area contributed by atoms with Crippen molar-refractivity contribution >= 4 is 33.1 Å². The molecule has 0 aromatic heterocycles. The normalized spacial score (nSPS) is 17.4. The maximum Gasteiger partial charge on any atom is 0.256 e. The van der Waals surface area contributed by atoms with Gasteiger partial charge in [-0.15, -0.1) is 0 Å². The zero-order valence-electron chi connectivity index (χ0n) is 7.10. The lowest BCUT2D eigenvalue weighted by atomic mass is 10.1. The Kier molecular flexibility index (Phi) is 1.96. The molecule has 1 aliphatic rings. The highest BCUT2D eigenvalue weighted by Crippen LogP contribution is 2.33. The van der Waals surface area contributed by atoms with E-state index in [1.54, 1.807) is 0 Å². The van der Waals surface area contributed by atoms with Gasteiger partial charge in [-0.25, -0.2) is 0 Å². The lowest BCUT2D eigenvalue weighted by molar-refractivity contribution is -0.110. The van der Waals surface area contributed by atoms with Crippen LogP contribution in [0.1, 0.15) is 12.5 Å². The van der Waals surface area contributed by atoms with Crippen LogP contribution < -0.4 is 5.32 Å². The Labute approximate surface area is 84.8 Å². The molecule has 0 aliphatic carbocycles. The van der Waals surface area contributed by atoms with Crippen molar-refractivity contribution in [3.8, 4) is 0 Å². The average Bonchev–Trinajstić information content (AvgIpc) is 2.40. The van der Waals surface area contributed by atoms with Gasteiger partial charge in [-0.05, 0) is 25.1 Å². The van der Waals surface area contributed by atoms with Crippen LogP contribution in [-0.2, 0) is 4.79 Å². The molecule has 1 heterocycles. The van der Waals surface area contributed by atoms with Gasteiger partial charge in [-0.3, -0.25) is 4.79 Å². The smallest absolute Gasteiger partial charge is 0.256 e. The van der Waals surface area contributed by atoms with Crippen molar-refractivity contribution in [2.24, 2.45) is 0 Å². The third kappa shape index (κ3) is 1.29. The second-order valence-corrected chi connectivity index (χ2v) is 3.76. The third-order valence-corrected chi connectivity index (χ3v) is 2.55. The monoisotopic (exact) mass is 237 g/mol. The molecule has 0 saturated carbocycles. The molecule has 0 fully saturated rings.